The molecule has 0 aromatic carbocycles. The summed E-state index contributed by atoms with van der Waals surface area (Å²) in [4.78, 5) is 0. The molecular formula is C2H7BO3SrZr. The van der Waals surface area contributed by atoms with Gasteiger partial charge >= 0.3 is 52.8 Å². The van der Waals surface area contributed by atoms with Crippen LogP contribution in [0.5, 0.6) is 0 Å². The van der Waals surface area contributed by atoms with Gasteiger partial charge in [0.2, 0.25) is 0 Å². The largest absolute Gasteiger partial charge is 2.00 e. The van der Waals surface area contributed by atoms with Gasteiger partial charge in [-0.15, -0.1) is 0 Å². The van der Waals surface area contributed by atoms with Crippen molar-refractivity contribution in [1.82, 2.24) is 0 Å². The molecule has 0 aromatic heterocycles. The Morgan fingerprint density at radius 1 is 1.62 bits per heavy atom. The Morgan fingerprint density at radius 3 is 2.00 bits per heavy atom. The molecular weight excluding hydrogens is 262 g/mol. The van der Waals surface area contributed by atoms with Crippen LogP contribution in [0.25, 0.3) is 0 Å². The second-order valence-corrected chi connectivity index (χ2v) is 0.629. The summed E-state index contributed by atoms with van der Waals surface area (Å²) in [6.45, 7) is 3.06. The zero-order valence-electron chi connectivity index (χ0n) is 6.37. The molecule has 3 nitrogen and oxygen atoms in total. The molecule has 0 rings (SSSR count). The van der Waals surface area contributed by atoms with E-state index in [1.807, 2.05) is 0 Å². The predicted molar refractivity (Wildman–Crippen MR) is 29.5 cm³/mol. The van der Waals surface area contributed by atoms with Gasteiger partial charge in [-0.1, -0.05) is 6.58 Å². The maximum Gasteiger partial charge on any atom is 2.00 e. The minimum atomic E-state index is -1.72. The van der Waals surface area contributed by atoms with Crippen LogP contribution in [0.4, 0.5) is 0 Å². The van der Waals surface area contributed by atoms with Crippen molar-refractivity contribution in [2.45, 2.75) is 0 Å². The van der Waals surface area contributed by atoms with Crippen LogP contribution in [-0.2, 0) is 30.9 Å². The van der Waals surface area contributed by atoms with Gasteiger partial charge < -0.3 is 17.6 Å². The number of hydrogen-bond donors (Lipinski definition) is 2. The van der Waals surface area contributed by atoms with E-state index in [2.05, 4.69) is 11.2 Å². The molecule has 0 aliphatic heterocycles. The quantitative estimate of drug-likeness (QED) is 0.497. The number of hydrogen-bond acceptors (Lipinski definition) is 3. The van der Waals surface area contributed by atoms with E-state index in [4.69, 9.17) is 10.0 Å². The molecule has 2 N–H and O–H groups in total. The van der Waals surface area contributed by atoms with Gasteiger partial charge in [-0.2, -0.15) is 0 Å². The molecule has 0 heterocycles. The van der Waals surface area contributed by atoms with Gasteiger partial charge in [0.15, 0.2) is 0 Å². The topological polar surface area (TPSA) is 49.7 Å². The molecule has 42 valence electrons. The molecule has 0 aromatic rings. The smallest absolute Gasteiger partial charge is 1.00 e. The Morgan fingerprint density at radius 2 is 2.00 bits per heavy atom. The van der Waals surface area contributed by atoms with Crippen molar-refractivity contribution >= 4 is 52.8 Å². The van der Waals surface area contributed by atoms with Gasteiger partial charge in [-0.25, -0.2) is 0 Å². The Hall–Kier alpha value is 1.89. The molecule has 0 aliphatic rings. The molecule has 0 spiro atoms. The Kier molecular flexibility index (Phi) is 24.0. The first-order valence-corrected chi connectivity index (χ1v) is 1.40. The first kappa shape index (κ1) is 16.5. The van der Waals surface area contributed by atoms with Gasteiger partial charge in [0.1, 0.15) is 0 Å². The van der Waals surface area contributed by atoms with Crippen molar-refractivity contribution in [1.29, 1.82) is 0 Å². The summed E-state index contributed by atoms with van der Waals surface area (Å²) in [7, 11) is -1.72. The third-order valence-electron chi connectivity index (χ3n) is 0.218. The van der Waals surface area contributed by atoms with E-state index in [0.717, 1.165) is 6.26 Å². The van der Waals surface area contributed by atoms with E-state index in [1.165, 1.54) is 0 Å². The van der Waals surface area contributed by atoms with Gasteiger partial charge in [-0.05, 0) is 0 Å². The van der Waals surface area contributed by atoms with E-state index in [-0.39, 0.29) is 74.5 Å². The fourth-order valence-electron chi connectivity index (χ4n) is 0.0861. The molecule has 0 radical (unpaired) electrons. The standard InChI is InChI=1S/C2H5BO3.Sr.Zr.2H/c1-2-6-3(4)5;;;;/h2,4-5H,1H2;;;;/q;+2;;2*-1. The SMILES string of the molecule is C=COB(O)O.[H-].[H-].[Sr+2].[Zr]. The Bertz CT molecular complexity index is 59.8. The summed E-state index contributed by atoms with van der Waals surface area (Å²) < 4.78 is 3.92. The summed E-state index contributed by atoms with van der Waals surface area (Å²) in [6.07, 6.45) is 0.949. The van der Waals surface area contributed by atoms with Crippen LogP contribution in [0.15, 0.2) is 12.8 Å². The maximum absolute atomic E-state index is 7.81. The zero-order valence-corrected chi connectivity index (χ0v) is 10.3. The van der Waals surface area contributed by atoms with Crippen molar-refractivity contribution in [2.24, 2.45) is 0 Å². The molecule has 0 atom stereocenters. The first-order valence-electron chi connectivity index (χ1n) is 1.40. The van der Waals surface area contributed by atoms with Crippen LogP contribution < -0.4 is 0 Å². The molecule has 0 bridgehead atoms. The first-order chi connectivity index (χ1) is 2.77. The average Bonchev–Trinajstić information content (AvgIpc) is 1.35. The normalized spacial score (nSPS) is 5.25. The van der Waals surface area contributed by atoms with Crippen LogP contribution in [0.3, 0.4) is 0 Å². The van der Waals surface area contributed by atoms with Crippen molar-refractivity contribution in [3.05, 3.63) is 12.8 Å². The molecule has 8 heavy (non-hydrogen) atoms. The van der Waals surface area contributed by atoms with Gasteiger partial charge in [-0.3, -0.25) is 0 Å². The number of rotatable bonds is 2. The maximum atomic E-state index is 7.81. The van der Waals surface area contributed by atoms with E-state index in [1.54, 1.807) is 0 Å². The summed E-state index contributed by atoms with van der Waals surface area (Å²) in [6, 6.07) is 0. The van der Waals surface area contributed by atoms with Crippen LogP contribution >= 0.6 is 0 Å². The Balaban J connectivity index is -0.0000000208. The minimum absolute atomic E-state index is 0. The van der Waals surface area contributed by atoms with Crippen LogP contribution in [0.1, 0.15) is 2.85 Å². The molecule has 0 unspecified atom stereocenters. The fourth-order valence-corrected chi connectivity index (χ4v) is 0.0861. The molecule has 6 heteroatoms. The second-order valence-electron chi connectivity index (χ2n) is 0.629. The fraction of sp³-hybridized carbons (Fsp3) is 0. The molecule has 0 saturated heterocycles. The van der Waals surface area contributed by atoms with E-state index >= 15 is 0 Å². The molecule has 0 fully saturated rings. The summed E-state index contributed by atoms with van der Waals surface area (Å²) >= 11 is 0. The Labute approximate surface area is 108 Å². The van der Waals surface area contributed by atoms with Crippen LogP contribution in [0.2, 0.25) is 0 Å². The third kappa shape index (κ3) is 15.7. The van der Waals surface area contributed by atoms with Crippen LogP contribution in [0, 0.1) is 0 Å². The van der Waals surface area contributed by atoms with Crippen LogP contribution in [-0.4, -0.2) is 62.9 Å². The predicted octanol–water partition coefficient (Wildman–Crippen LogP) is -1.04. The third-order valence-corrected chi connectivity index (χ3v) is 0.218. The van der Waals surface area contributed by atoms with E-state index < -0.39 is 7.32 Å². The monoisotopic (exact) mass is 268 g/mol. The van der Waals surface area contributed by atoms with Crippen molar-refractivity contribution in [2.75, 3.05) is 0 Å². The van der Waals surface area contributed by atoms with Gasteiger partial charge in [0.05, 0.1) is 6.26 Å². The molecule has 0 saturated carbocycles. The van der Waals surface area contributed by atoms with Crippen molar-refractivity contribution < 1.29 is 43.8 Å². The van der Waals surface area contributed by atoms with Gasteiger partial charge in [0.25, 0.3) is 0 Å². The average molecular weight is 269 g/mol. The van der Waals surface area contributed by atoms with E-state index in [0.29, 0.717) is 0 Å². The second kappa shape index (κ2) is 11.7. The summed E-state index contributed by atoms with van der Waals surface area (Å²) in [5, 5.41) is 15.6. The van der Waals surface area contributed by atoms with E-state index in [9.17, 15) is 0 Å². The van der Waals surface area contributed by atoms with Crippen molar-refractivity contribution in [3.63, 3.8) is 0 Å². The van der Waals surface area contributed by atoms with Crippen molar-refractivity contribution in [3.8, 4) is 0 Å². The molecule has 0 amide bonds. The minimum Gasteiger partial charge on any atom is -1.00 e. The van der Waals surface area contributed by atoms with Gasteiger partial charge in [0, 0.05) is 26.2 Å². The summed E-state index contributed by atoms with van der Waals surface area (Å²) in [5.74, 6) is 0. The summed E-state index contributed by atoms with van der Waals surface area (Å²) in [5.41, 5.74) is 0. The molecule has 0 aliphatic carbocycles. The zero-order chi connectivity index (χ0) is 4.99.